The molecule has 1 aliphatic rings. The number of rotatable bonds is 5. The van der Waals surface area contributed by atoms with E-state index in [1.807, 2.05) is 18.2 Å². The molecule has 0 radical (unpaired) electrons. The molecule has 3 N–H and O–H groups in total. The Balaban J connectivity index is 1.70. The fraction of sp³-hybridized carbons (Fsp3) is 0.167. The molecule has 7 heteroatoms. The number of aromatic hydroxyl groups is 1. The predicted octanol–water partition coefficient (Wildman–Crippen LogP) is 4.22. The second kappa shape index (κ2) is 6.57. The third-order valence-electron chi connectivity index (χ3n) is 3.83. The Labute approximate surface area is 149 Å². The van der Waals surface area contributed by atoms with E-state index in [4.69, 9.17) is 11.6 Å². The van der Waals surface area contributed by atoms with Crippen molar-refractivity contribution in [3.05, 3.63) is 53.8 Å². The first-order valence-electron chi connectivity index (χ1n) is 7.99. The maximum Gasteiger partial charge on any atom is 0.225 e. The number of nitrogens with one attached hydrogen (secondary N) is 2. The number of pyridine rings is 1. The molecular formula is C18H16ClN5O. The molecule has 2 aromatic heterocycles. The van der Waals surface area contributed by atoms with E-state index in [-0.39, 0.29) is 5.75 Å². The van der Waals surface area contributed by atoms with Crippen molar-refractivity contribution >= 4 is 29.1 Å². The number of hydrogen-bond acceptors (Lipinski definition) is 6. The molecule has 0 spiro atoms. The maximum absolute atomic E-state index is 9.49. The Morgan fingerprint density at radius 3 is 2.56 bits per heavy atom. The van der Waals surface area contributed by atoms with Gasteiger partial charge in [-0.2, -0.15) is 4.98 Å². The number of nitrogens with zero attached hydrogens (tertiary/aromatic N) is 3. The average Bonchev–Trinajstić information content (AvgIpc) is 3.42. The van der Waals surface area contributed by atoms with Crippen molar-refractivity contribution in [3.63, 3.8) is 0 Å². The Bertz CT molecular complexity index is 899. The Morgan fingerprint density at radius 2 is 1.84 bits per heavy atom. The SMILES string of the molecule is Oc1ccc(Nc2cc(-c3ccncc3)nc(NC3CC3)n2)c(Cl)c1. The molecule has 0 unspecified atom stereocenters. The third kappa shape index (κ3) is 3.80. The van der Waals surface area contributed by atoms with Crippen molar-refractivity contribution in [3.8, 4) is 17.0 Å². The number of benzene rings is 1. The van der Waals surface area contributed by atoms with Crippen molar-refractivity contribution in [2.45, 2.75) is 18.9 Å². The zero-order chi connectivity index (χ0) is 17.2. The van der Waals surface area contributed by atoms with E-state index >= 15 is 0 Å². The zero-order valence-corrected chi connectivity index (χ0v) is 14.0. The van der Waals surface area contributed by atoms with Crippen LogP contribution in [0.5, 0.6) is 5.75 Å². The first-order valence-corrected chi connectivity index (χ1v) is 8.37. The van der Waals surface area contributed by atoms with E-state index in [1.165, 1.54) is 6.07 Å². The number of anilines is 3. The fourth-order valence-electron chi connectivity index (χ4n) is 2.40. The van der Waals surface area contributed by atoms with Gasteiger partial charge in [0.25, 0.3) is 0 Å². The Kier molecular flexibility index (Phi) is 4.11. The van der Waals surface area contributed by atoms with Crippen LogP contribution in [0.3, 0.4) is 0 Å². The Morgan fingerprint density at radius 1 is 1.04 bits per heavy atom. The van der Waals surface area contributed by atoms with Gasteiger partial charge in [0.2, 0.25) is 5.95 Å². The topological polar surface area (TPSA) is 83.0 Å². The highest BCUT2D eigenvalue weighted by molar-refractivity contribution is 6.33. The van der Waals surface area contributed by atoms with Gasteiger partial charge in [0.05, 0.1) is 16.4 Å². The first kappa shape index (κ1) is 15.7. The molecular weight excluding hydrogens is 338 g/mol. The van der Waals surface area contributed by atoms with E-state index < -0.39 is 0 Å². The van der Waals surface area contributed by atoms with Gasteiger partial charge < -0.3 is 15.7 Å². The maximum atomic E-state index is 9.49. The number of halogens is 1. The van der Waals surface area contributed by atoms with Gasteiger partial charge >= 0.3 is 0 Å². The highest BCUT2D eigenvalue weighted by Crippen LogP contribution is 2.31. The monoisotopic (exact) mass is 353 g/mol. The van der Waals surface area contributed by atoms with Crippen LogP contribution in [0, 0.1) is 0 Å². The second-order valence-corrected chi connectivity index (χ2v) is 6.31. The zero-order valence-electron chi connectivity index (χ0n) is 13.3. The summed E-state index contributed by atoms with van der Waals surface area (Å²) in [5, 5.41) is 16.4. The van der Waals surface area contributed by atoms with Crippen LogP contribution in [0.25, 0.3) is 11.3 Å². The molecule has 25 heavy (non-hydrogen) atoms. The minimum absolute atomic E-state index is 0.117. The van der Waals surface area contributed by atoms with E-state index in [2.05, 4.69) is 25.6 Å². The lowest BCUT2D eigenvalue weighted by Gasteiger charge is -2.12. The molecule has 0 amide bonds. The van der Waals surface area contributed by atoms with Crippen LogP contribution in [0.1, 0.15) is 12.8 Å². The van der Waals surface area contributed by atoms with E-state index in [1.54, 1.807) is 24.5 Å². The van der Waals surface area contributed by atoms with E-state index in [0.717, 1.165) is 24.1 Å². The highest BCUT2D eigenvalue weighted by Gasteiger charge is 2.22. The number of phenolic OH excluding ortho intramolecular Hbond substituents is 1. The van der Waals surface area contributed by atoms with E-state index in [9.17, 15) is 5.11 Å². The van der Waals surface area contributed by atoms with Crippen LogP contribution in [-0.4, -0.2) is 26.1 Å². The summed E-state index contributed by atoms with van der Waals surface area (Å²) in [5.74, 6) is 1.32. The van der Waals surface area contributed by atoms with Gasteiger partial charge in [-0.05, 0) is 37.1 Å². The number of aromatic nitrogens is 3. The van der Waals surface area contributed by atoms with Crippen molar-refractivity contribution in [1.82, 2.24) is 15.0 Å². The van der Waals surface area contributed by atoms with Gasteiger partial charge in [0, 0.05) is 36.1 Å². The van der Waals surface area contributed by atoms with E-state index in [0.29, 0.717) is 28.5 Å². The molecule has 0 atom stereocenters. The average molecular weight is 354 g/mol. The van der Waals surface area contributed by atoms with Gasteiger partial charge in [-0.1, -0.05) is 11.6 Å². The van der Waals surface area contributed by atoms with Crippen LogP contribution in [0.15, 0.2) is 48.8 Å². The lowest BCUT2D eigenvalue weighted by Crippen LogP contribution is -2.07. The quantitative estimate of drug-likeness (QED) is 0.596. The summed E-state index contributed by atoms with van der Waals surface area (Å²) in [4.78, 5) is 13.2. The summed E-state index contributed by atoms with van der Waals surface area (Å²) in [6, 6.07) is 10.9. The summed E-state index contributed by atoms with van der Waals surface area (Å²) >= 11 is 6.18. The summed E-state index contributed by atoms with van der Waals surface area (Å²) in [5.41, 5.74) is 2.41. The lowest BCUT2D eigenvalue weighted by atomic mass is 10.2. The van der Waals surface area contributed by atoms with Crippen molar-refractivity contribution in [2.75, 3.05) is 10.6 Å². The van der Waals surface area contributed by atoms with Crippen LogP contribution >= 0.6 is 11.6 Å². The van der Waals surface area contributed by atoms with Gasteiger partial charge in [0.1, 0.15) is 11.6 Å². The molecule has 1 aliphatic carbocycles. The molecule has 1 saturated carbocycles. The van der Waals surface area contributed by atoms with Crippen LogP contribution < -0.4 is 10.6 Å². The van der Waals surface area contributed by atoms with Gasteiger partial charge in [-0.3, -0.25) is 4.98 Å². The van der Waals surface area contributed by atoms with Crippen LogP contribution in [0.4, 0.5) is 17.5 Å². The van der Waals surface area contributed by atoms with Gasteiger partial charge in [-0.25, -0.2) is 4.98 Å². The largest absolute Gasteiger partial charge is 0.508 e. The minimum Gasteiger partial charge on any atom is -0.508 e. The molecule has 1 fully saturated rings. The number of phenols is 1. The van der Waals surface area contributed by atoms with Crippen LogP contribution in [0.2, 0.25) is 5.02 Å². The minimum atomic E-state index is 0.117. The van der Waals surface area contributed by atoms with Crippen LogP contribution in [-0.2, 0) is 0 Å². The molecule has 1 aromatic carbocycles. The molecule has 6 nitrogen and oxygen atoms in total. The summed E-state index contributed by atoms with van der Waals surface area (Å²) in [7, 11) is 0. The summed E-state index contributed by atoms with van der Waals surface area (Å²) < 4.78 is 0. The highest BCUT2D eigenvalue weighted by atomic mass is 35.5. The molecule has 2 heterocycles. The van der Waals surface area contributed by atoms with Gasteiger partial charge in [-0.15, -0.1) is 0 Å². The molecule has 4 rings (SSSR count). The standard InChI is InChI=1S/C18H16ClN5O/c19-14-9-13(25)3-4-15(14)22-17-10-16(11-5-7-20-8-6-11)23-18(24-17)21-12-1-2-12/h3-10,12,25H,1-2H2,(H2,21,22,23,24). The van der Waals surface area contributed by atoms with Crippen molar-refractivity contribution in [2.24, 2.45) is 0 Å². The fourth-order valence-corrected chi connectivity index (χ4v) is 2.62. The smallest absolute Gasteiger partial charge is 0.225 e. The molecule has 3 aromatic rings. The second-order valence-electron chi connectivity index (χ2n) is 5.91. The summed E-state index contributed by atoms with van der Waals surface area (Å²) in [6.45, 7) is 0. The normalized spacial score (nSPS) is 13.5. The first-order chi connectivity index (χ1) is 12.2. The molecule has 0 aliphatic heterocycles. The van der Waals surface area contributed by atoms with Crippen molar-refractivity contribution < 1.29 is 5.11 Å². The van der Waals surface area contributed by atoms with Gasteiger partial charge in [0.15, 0.2) is 0 Å². The lowest BCUT2D eigenvalue weighted by molar-refractivity contribution is 0.475. The molecule has 0 saturated heterocycles. The predicted molar refractivity (Wildman–Crippen MR) is 98.3 cm³/mol. The molecule has 0 bridgehead atoms. The Hall–Kier alpha value is -2.86. The molecule has 126 valence electrons. The third-order valence-corrected chi connectivity index (χ3v) is 4.14. The van der Waals surface area contributed by atoms with Crippen molar-refractivity contribution in [1.29, 1.82) is 0 Å². The number of hydrogen-bond donors (Lipinski definition) is 3. The summed E-state index contributed by atoms with van der Waals surface area (Å²) in [6.07, 6.45) is 5.73.